The van der Waals surface area contributed by atoms with Crippen LogP contribution < -0.4 is 11.1 Å². The Morgan fingerprint density at radius 3 is 2.43 bits per heavy atom. The highest BCUT2D eigenvalue weighted by Gasteiger charge is 2.43. The average molecular weight is 290 g/mol. The molecule has 5 nitrogen and oxygen atoms in total. The van der Waals surface area contributed by atoms with Crippen molar-refractivity contribution in [2.45, 2.75) is 38.1 Å². The van der Waals surface area contributed by atoms with Gasteiger partial charge in [-0.2, -0.15) is 0 Å². The summed E-state index contributed by atoms with van der Waals surface area (Å²) in [7, 11) is 0. The molecule has 1 unspecified atom stereocenters. The fourth-order valence-corrected chi connectivity index (χ4v) is 2.65. The molecule has 1 atom stereocenters. The summed E-state index contributed by atoms with van der Waals surface area (Å²) >= 11 is 0. The van der Waals surface area contributed by atoms with E-state index < -0.39 is 17.4 Å². The summed E-state index contributed by atoms with van der Waals surface area (Å²) in [5, 5.41) is 11.9. The molecule has 0 radical (unpaired) electrons. The summed E-state index contributed by atoms with van der Waals surface area (Å²) in [4.78, 5) is 23.6. The van der Waals surface area contributed by atoms with Crippen LogP contribution >= 0.6 is 0 Å². The molecule has 1 aromatic carbocycles. The van der Waals surface area contributed by atoms with Crippen LogP contribution in [0.25, 0.3) is 0 Å². The zero-order valence-electron chi connectivity index (χ0n) is 12.0. The van der Waals surface area contributed by atoms with Gasteiger partial charge in [-0.25, -0.2) is 4.79 Å². The van der Waals surface area contributed by atoms with Crippen LogP contribution in [0.15, 0.2) is 30.3 Å². The fourth-order valence-electron chi connectivity index (χ4n) is 2.65. The van der Waals surface area contributed by atoms with Gasteiger partial charge in [-0.05, 0) is 31.2 Å². The van der Waals surface area contributed by atoms with E-state index in [-0.39, 0.29) is 12.5 Å². The first-order valence-corrected chi connectivity index (χ1v) is 7.35. The van der Waals surface area contributed by atoms with Crippen molar-refractivity contribution in [1.82, 2.24) is 5.32 Å². The number of hydrogen-bond donors (Lipinski definition) is 3. The number of rotatable bonds is 7. The largest absolute Gasteiger partial charge is 0.480 e. The predicted molar refractivity (Wildman–Crippen MR) is 79.7 cm³/mol. The van der Waals surface area contributed by atoms with Gasteiger partial charge >= 0.3 is 5.97 Å². The molecule has 0 aliphatic heterocycles. The molecule has 4 N–H and O–H groups in total. The van der Waals surface area contributed by atoms with Gasteiger partial charge in [-0.15, -0.1) is 0 Å². The van der Waals surface area contributed by atoms with Crippen LogP contribution in [0.2, 0.25) is 0 Å². The molecule has 1 aromatic rings. The number of carboxylic acid groups (broad SMARTS) is 1. The first-order chi connectivity index (χ1) is 10.1. The first-order valence-electron chi connectivity index (χ1n) is 7.35. The molecule has 0 bridgehead atoms. The third-order valence-electron chi connectivity index (χ3n) is 4.35. The Hall–Kier alpha value is -1.88. The summed E-state index contributed by atoms with van der Waals surface area (Å²) in [6, 6.07) is 8.80. The van der Waals surface area contributed by atoms with E-state index in [1.54, 1.807) is 0 Å². The molecule has 0 heterocycles. The molecule has 0 spiro atoms. The summed E-state index contributed by atoms with van der Waals surface area (Å²) in [5.74, 6) is -1.21. The lowest BCUT2D eigenvalue weighted by Gasteiger charge is -2.39. The molecule has 0 aromatic heterocycles. The lowest BCUT2D eigenvalue weighted by Crippen LogP contribution is -2.54. The number of carbonyl (C=O) groups is 2. The van der Waals surface area contributed by atoms with E-state index in [0.717, 1.165) is 24.8 Å². The van der Waals surface area contributed by atoms with Crippen molar-refractivity contribution < 1.29 is 14.7 Å². The van der Waals surface area contributed by atoms with Gasteiger partial charge in [0.15, 0.2) is 0 Å². The van der Waals surface area contributed by atoms with Gasteiger partial charge in [0.1, 0.15) is 6.04 Å². The minimum Gasteiger partial charge on any atom is -0.480 e. The van der Waals surface area contributed by atoms with Crippen LogP contribution in [0.3, 0.4) is 0 Å². The molecule has 21 heavy (non-hydrogen) atoms. The number of aliphatic carboxylic acids is 1. The molecule has 1 fully saturated rings. The minimum absolute atomic E-state index is 0.211. The summed E-state index contributed by atoms with van der Waals surface area (Å²) in [5.41, 5.74) is 6.20. The Bertz CT molecular complexity index is 492. The van der Waals surface area contributed by atoms with E-state index in [1.165, 1.54) is 0 Å². The van der Waals surface area contributed by atoms with Crippen LogP contribution in [0, 0.1) is 5.41 Å². The average Bonchev–Trinajstić information content (AvgIpc) is 2.43. The normalized spacial score (nSPS) is 17.6. The van der Waals surface area contributed by atoms with Crippen molar-refractivity contribution in [2.24, 2.45) is 11.1 Å². The van der Waals surface area contributed by atoms with Crippen molar-refractivity contribution in [2.75, 3.05) is 6.54 Å². The fraction of sp³-hybridized carbons (Fsp3) is 0.500. The van der Waals surface area contributed by atoms with Crippen molar-refractivity contribution in [3.8, 4) is 0 Å². The van der Waals surface area contributed by atoms with Gasteiger partial charge in [-0.1, -0.05) is 36.8 Å². The van der Waals surface area contributed by atoms with Crippen LogP contribution in [-0.4, -0.2) is 29.6 Å². The zero-order chi connectivity index (χ0) is 15.3. The van der Waals surface area contributed by atoms with Gasteiger partial charge in [0.25, 0.3) is 0 Å². The van der Waals surface area contributed by atoms with E-state index in [2.05, 4.69) is 5.32 Å². The number of nitrogens with one attached hydrogen (secondary N) is 1. The van der Waals surface area contributed by atoms with E-state index >= 15 is 0 Å². The van der Waals surface area contributed by atoms with Gasteiger partial charge in [0.2, 0.25) is 5.91 Å². The number of benzene rings is 1. The van der Waals surface area contributed by atoms with Crippen molar-refractivity contribution in [3.05, 3.63) is 35.9 Å². The molecule has 1 aliphatic rings. The van der Waals surface area contributed by atoms with Gasteiger partial charge < -0.3 is 16.2 Å². The number of hydrogen-bond acceptors (Lipinski definition) is 3. The topological polar surface area (TPSA) is 92.4 Å². The van der Waals surface area contributed by atoms with E-state index in [4.69, 9.17) is 5.73 Å². The summed E-state index contributed by atoms with van der Waals surface area (Å²) in [6.07, 6.45) is 3.48. The number of aryl methyl sites for hydroxylation is 1. The van der Waals surface area contributed by atoms with Crippen LogP contribution in [0.1, 0.15) is 31.2 Å². The van der Waals surface area contributed by atoms with Gasteiger partial charge in [0.05, 0.1) is 5.41 Å². The van der Waals surface area contributed by atoms with Crippen LogP contribution in [-0.2, 0) is 16.0 Å². The van der Waals surface area contributed by atoms with Crippen LogP contribution in [0.4, 0.5) is 0 Å². The Balaban J connectivity index is 1.93. The molecular formula is C16H22N2O3. The van der Waals surface area contributed by atoms with E-state index in [0.29, 0.717) is 12.8 Å². The number of carbonyl (C=O) groups excluding carboxylic acids is 1. The monoisotopic (exact) mass is 290 g/mol. The standard InChI is InChI=1S/C16H22N2O3/c17-11-16(9-4-10-16)15(21)18-13(14(19)20)8-7-12-5-2-1-3-6-12/h1-3,5-6,13H,4,7-11,17H2,(H,18,21)(H,19,20). The molecular weight excluding hydrogens is 268 g/mol. The van der Waals surface area contributed by atoms with Crippen molar-refractivity contribution in [1.29, 1.82) is 0 Å². The Morgan fingerprint density at radius 2 is 1.95 bits per heavy atom. The Labute approximate surface area is 124 Å². The van der Waals surface area contributed by atoms with Crippen molar-refractivity contribution >= 4 is 11.9 Å². The molecule has 0 saturated heterocycles. The number of nitrogens with two attached hydrogens (primary N) is 1. The zero-order valence-corrected chi connectivity index (χ0v) is 12.0. The third-order valence-corrected chi connectivity index (χ3v) is 4.35. The lowest BCUT2D eigenvalue weighted by molar-refractivity contribution is -0.145. The molecule has 2 rings (SSSR count). The second-order valence-electron chi connectivity index (χ2n) is 5.73. The van der Waals surface area contributed by atoms with Gasteiger partial charge in [0, 0.05) is 6.54 Å². The minimum atomic E-state index is -0.995. The van der Waals surface area contributed by atoms with E-state index in [1.807, 2.05) is 30.3 Å². The number of carboxylic acids is 1. The lowest BCUT2D eigenvalue weighted by atomic mass is 9.68. The quantitative estimate of drug-likeness (QED) is 0.706. The molecule has 114 valence electrons. The van der Waals surface area contributed by atoms with Gasteiger partial charge in [-0.3, -0.25) is 4.79 Å². The maximum absolute atomic E-state index is 12.3. The maximum atomic E-state index is 12.3. The Kier molecular flexibility index (Phi) is 4.96. The highest BCUT2D eigenvalue weighted by molar-refractivity contribution is 5.88. The summed E-state index contributed by atoms with van der Waals surface area (Å²) < 4.78 is 0. The highest BCUT2D eigenvalue weighted by Crippen LogP contribution is 2.40. The first kappa shape index (κ1) is 15.5. The van der Waals surface area contributed by atoms with Crippen LogP contribution in [0.5, 0.6) is 0 Å². The molecule has 1 saturated carbocycles. The van der Waals surface area contributed by atoms with Crippen molar-refractivity contribution in [3.63, 3.8) is 0 Å². The summed E-state index contributed by atoms with van der Waals surface area (Å²) in [6.45, 7) is 0.282. The Morgan fingerprint density at radius 1 is 1.29 bits per heavy atom. The smallest absolute Gasteiger partial charge is 0.326 e. The number of amides is 1. The maximum Gasteiger partial charge on any atom is 0.326 e. The highest BCUT2D eigenvalue weighted by atomic mass is 16.4. The van der Waals surface area contributed by atoms with E-state index in [9.17, 15) is 14.7 Å². The predicted octanol–water partition coefficient (Wildman–Crippen LogP) is 1.32. The second-order valence-corrected chi connectivity index (χ2v) is 5.73. The molecule has 5 heteroatoms. The second kappa shape index (κ2) is 6.72. The SMILES string of the molecule is NCC1(C(=O)NC(CCc2ccccc2)C(=O)O)CCC1. The molecule has 1 amide bonds. The molecule has 1 aliphatic carbocycles. The third kappa shape index (κ3) is 3.61.